The smallest absolute Gasteiger partial charge is 0.271 e. The lowest BCUT2D eigenvalue weighted by Crippen LogP contribution is -2.17. The lowest BCUT2D eigenvalue weighted by molar-refractivity contribution is -0.384. The first kappa shape index (κ1) is 18.8. The molecule has 0 radical (unpaired) electrons. The first-order chi connectivity index (χ1) is 13.5. The van der Waals surface area contributed by atoms with Crippen LogP contribution in [0.5, 0.6) is 0 Å². The maximum absolute atomic E-state index is 12.0. The first-order valence-corrected chi connectivity index (χ1v) is 8.51. The van der Waals surface area contributed by atoms with Crippen LogP contribution in [0.4, 0.5) is 17.1 Å². The highest BCUT2D eigenvalue weighted by Gasteiger charge is 2.08. The van der Waals surface area contributed by atoms with E-state index < -0.39 is 10.8 Å². The summed E-state index contributed by atoms with van der Waals surface area (Å²) in [6, 6.07) is 23.1. The van der Waals surface area contributed by atoms with Crippen LogP contribution in [-0.4, -0.2) is 24.1 Å². The Balaban J connectivity index is 1.60. The Morgan fingerprint density at radius 3 is 2.18 bits per heavy atom. The van der Waals surface area contributed by atoms with Crippen LogP contribution in [0.15, 0.2) is 84.0 Å². The maximum atomic E-state index is 12.0. The highest BCUT2D eigenvalue weighted by atomic mass is 16.6. The van der Waals surface area contributed by atoms with E-state index in [4.69, 9.17) is 0 Å². The first-order valence-electron chi connectivity index (χ1n) is 8.51. The molecule has 3 aromatic carbocycles. The highest BCUT2D eigenvalue weighted by Crippen LogP contribution is 2.22. The van der Waals surface area contributed by atoms with E-state index >= 15 is 0 Å². The van der Waals surface area contributed by atoms with Gasteiger partial charge in [0, 0.05) is 36.1 Å². The third-order valence-corrected chi connectivity index (χ3v) is 4.14. The van der Waals surface area contributed by atoms with E-state index in [1.807, 2.05) is 61.6 Å². The quantitative estimate of drug-likeness (QED) is 0.399. The summed E-state index contributed by atoms with van der Waals surface area (Å²) in [5, 5.41) is 14.6. The number of non-ortho nitro benzene ring substituents is 1. The van der Waals surface area contributed by atoms with E-state index in [9.17, 15) is 14.9 Å². The fraction of sp³-hybridized carbons (Fsp3) is 0.0476. The van der Waals surface area contributed by atoms with Crippen molar-refractivity contribution >= 4 is 29.2 Å². The largest absolute Gasteiger partial charge is 0.345 e. The summed E-state index contributed by atoms with van der Waals surface area (Å²) in [6.07, 6.45) is 1.54. The van der Waals surface area contributed by atoms with Crippen molar-refractivity contribution in [3.63, 3.8) is 0 Å². The third-order valence-electron chi connectivity index (χ3n) is 4.14. The average molecular weight is 374 g/mol. The second kappa shape index (κ2) is 8.59. The number of nitrogens with one attached hydrogen (secondary N) is 1. The van der Waals surface area contributed by atoms with Gasteiger partial charge in [-0.15, -0.1) is 0 Å². The fourth-order valence-corrected chi connectivity index (χ4v) is 2.55. The van der Waals surface area contributed by atoms with Gasteiger partial charge in [0.05, 0.1) is 11.1 Å². The summed E-state index contributed by atoms with van der Waals surface area (Å²) >= 11 is 0. The van der Waals surface area contributed by atoms with Gasteiger partial charge in [-0.1, -0.05) is 30.3 Å². The van der Waals surface area contributed by atoms with Crippen LogP contribution in [0.3, 0.4) is 0 Å². The Bertz CT molecular complexity index is 984. The molecule has 1 amide bonds. The molecule has 28 heavy (non-hydrogen) atoms. The topological polar surface area (TPSA) is 87.8 Å². The monoisotopic (exact) mass is 374 g/mol. The number of hydrazone groups is 1. The molecule has 1 N–H and O–H groups in total. The summed E-state index contributed by atoms with van der Waals surface area (Å²) in [5.41, 5.74) is 5.57. The van der Waals surface area contributed by atoms with Crippen molar-refractivity contribution in [3.05, 3.63) is 100 Å². The second-order valence-corrected chi connectivity index (χ2v) is 5.99. The lowest BCUT2D eigenvalue weighted by atomic mass is 10.2. The van der Waals surface area contributed by atoms with Crippen molar-refractivity contribution in [2.45, 2.75) is 0 Å². The molecule has 0 heterocycles. The van der Waals surface area contributed by atoms with Gasteiger partial charge in [0.1, 0.15) is 0 Å². The molecule has 0 fully saturated rings. The average Bonchev–Trinajstić information content (AvgIpc) is 2.74. The van der Waals surface area contributed by atoms with Gasteiger partial charge in [-0.3, -0.25) is 14.9 Å². The van der Waals surface area contributed by atoms with Crippen molar-refractivity contribution < 1.29 is 9.72 Å². The molecule has 7 heteroatoms. The number of anilines is 2. The number of hydrogen-bond acceptors (Lipinski definition) is 5. The Labute approximate surface area is 162 Å². The van der Waals surface area contributed by atoms with Crippen LogP contribution < -0.4 is 10.3 Å². The lowest BCUT2D eigenvalue weighted by Gasteiger charge is -2.19. The number of para-hydroxylation sites is 1. The zero-order chi connectivity index (χ0) is 19.9. The Morgan fingerprint density at radius 1 is 0.964 bits per heavy atom. The molecule has 0 aliphatic rings. The predicted molar refractivity (Wildman–Crippen MR) is 109 cm³/mol. The molecule has 3 aromatic rings. The number of carbonyl (C=O) groups is 1. The van der Waals surface area contributed by atoms with Crippen molar-refractivity contribution in [1.29, 1.82) is 0 Å². The summed E-state index contributed by atoms with van der Waals surface area (Å²) in [5.74, 6) is -0.438. The summed E-state index contributed by atoms with van der Waals surface area (Å²) in [6.45, 7) is 0. The van der Waals surface area contributed by atoms with E-state index in [1.54, 1.807) is 0 Å². The standard InChI is InChI=1S/C21H18N4O3/c1-24(18-5-3-2-4-6-18)19-11-7-16(8-12-19)15-22-23-21(26)17-9-13-20(14-10-17)25(27)28/h2-15H,1H3,(H,23,26)/b22-15+. The normalized spacial score (nSPS) is 10.6. The van der Waals surface area contributed by atoms with Gasteiger partial charge in [0.2, 0.25) is 0 Å². The Kier molecular flexibility index (Phi) is 5.76. The van der Waals surface area contributed by atoms with Gasteiger partial charge >= 0.3 is 0 Å². The van der Waals surface area contributed by atoms with Crippen molar-refractivity contribution in [2.24, 2.45) is 5.10 Å². The molecular weight excluding hydrogens is 356 g/mol. The molecule has 0 saturated carbocycles. The highest BCUT2D eigenvalue weighted by molar-refractivity contribution is 5.95. The number of nitro groups is 1. The Hall–Kier alpha value is -4.00. The molecule has 0 atom stereocenters. The predicted octanol–water partition coefficient (Wildman–Crippen LogP) is 4.13. The molecule has 3 rings (SSSR count). The minimum atomic E-state index is -0.515. The van der Waals surface area contributed by atoms with E-state index in [0.29, 0.717) is 5.56 Å². The fourth-order valence-electron chi connectivity index (χ4n) is 2.55. The number of nitrogens with zero attached hydrogens (tertiary/aromatic N) is 3. The van der Waals surface area contributed by atoms with Gasteiger partial charge in [-0.05, 0) is 42.0 Å². The SMILES string of the molecule is CN(c1ccccc1)c1ccc(/C=N/NC(=O)c2ccc([N+](=O)[O-])cc2)cc1. The number of amides is 1. The van der Waals surface area contributed by atoms with Gasteiger partial charge in [-0.25, -0.2) is 5.43 Å². The number of nitro benzene ring substituents is 1. The summed E-state index contributed by atoms with van der Waals surface area (Å²) in [4.78, 5) is 24.2. The number of hydrogen-bond donors (Lipinski definition) is 1. The number of carbonyl (C=O) groups excluding carboxylic acids is 1. The Morgan fingerprint density at radius 2 is 1.57 bits per heavy atom. The van der Waals surface area contributed by atoms with Gasteiger partial charge < -0.3 is 4.90 Å². The van der Waals surface area contributed by atoms with Crippen molar-refractivity contribution in [2.75, 3.05) is 11.9 Å². The van der Waals surface area contributed by atoms with Crippen LogP contribution in [0.1, 0.15) is 15.9 Å². The van der Waals surface area contributed by atoms with E-state index in [-0.39, 0.29) is 5.69 Å². The zero-order valence-electron chi connectivity index (χ0n) is 15.1. The van der Waals surface area contributed by atoms with Crippen molar-refractivity contribution in [1.82, 2.24) is 5.43 Å². The molecule has 0 bridgehead atoms. The molecular formula is C21H18N4O3. The minimum Gasteiger partial charge on any atom is -0.345 e. The van der Waals surface area contributed by atoms with E-state index in [1.165, 1.54) is 30.5 Å². The summed E-state index contributed by atoms with van der Waals surface area (Å²) < 4.78 is 0. The maximum Gasteiger partial charge on any atom is 0.271 e. The van der Waals surface area contributed by atoms with Crippen LogP contribution in [0.25, 0.3) is 0 Å². The molecule has 140 valence electrons. The van der Waals surface area contributed by atoms with Gasteiger partial charge in [0.25, 0.3) is 11.6 Å². The van der Waals surface area contributed by atoms with Crippen LogP contribution in [-0.2, 0) is 0 Å². The second-order valence-electron chi connectivity index (χ2n) is 5.99. The third kappa shape index (κ3) is 4.59. The summed E-state index contributed by atoms with van der Waals surface area (Å²) in [7, 11) is 1.99. The molecule has 7 nitrogen and oxygen atoms in total. The van der Waals surface area contributed by atoms with Crippen molar-refractivity contribution in [3.8, 4) is 0 Å². The van der Waals surface area contributed by atoms with E-state index in [2.05, 4.69) is 15.4 Å². The van der Waals surface area contributed by atoms with Crippen LogP contribution in [0, 0.1) is 10.1 Å². The molecule has 0 aliphatic heterocycles. The van der Waals surface area contributed by atoms with Crippen LogP contribution >= 0.6 is 0 Å². The molecule has 0 aromatic heterocycles. The van der Waals surface area contributed by atoms with Gasteiger partial charge in [-0.2, -0.15) is 5.10 Å². The van der Waals surface area contributed by atoms with Gasteiger partial charge in [0.15, 0.2) is 0 Å². The molecule has 0 aliphatic carbocycles. The molecule has 0 unspecified atom stereocenters. The zero-order valence-corrected chi connectivity index (χ0v) is 15.1. The number of benzene rings is 3. The van der Waals surface area contributed by atoms with E-state index in [0.717, 1.165) is 16.9 Å². The molecule has 0 spiro atoms. The number of rotatable bonds is 6. The molecule has 0 saturated heterocycles. The minimum absolute atomic E-state index is 0.0689. The van der Waals surface area contributed by atoms with Crippen LogP contribution in [0.2, 0.25) is 0 Å².